The Balaban J connectivity index is 1.50. The third-order valence-electron chi connectivity index (χ3n) is 5.08. The fourth-order valence-corrected chi connectivity index (χ4v) is 3.89. The first-order valence-corrected chi connectivity index (χ1v) is 7.68. The largest absolute Gasteiger partial charge is 0.312 e. The van der Waals surface area contributed by atoms with Crippen molar-refractivity contribution in [3.05, 3.63) is 35.4 Å². The van der Waals surface area contributed by atoms with Gasteiger partial charge in [0.2, 0.25) is 0 Å². The van der Waals surface area contributed by atoms with E-state index in [1.807, 2.05) is 24.3 Å². The first kappa shape index (κ1) is 13.6. The number of nitrogens with one attached hydrogen (secondary N) is 1. The van der Waals surface area contributed by atoms with E-state index in [-0.39, 0.29) is 0 Å². The molecule has 3 heteroatoms. The van der Waals surface area contributed by atoms with Crippen LogP contribution in [0.15, 0.2) is 24.3 Å². The molecule has 0 spiro atoms. The van der Waals surface area contributed by atoms with E-state index in [0.29, 0.717) is 0 Å². The Morgan fingerprint density at radius 1 is 1.25 bits per heavy atom. The van der Waals surface area contributed by atoms with Gasteiger partial charge in [0.05, 0.1) is 11.6 Å². The summed E-state index contributed by atoms with van der Waals surface area (Å²) >= 11 is 0. The van der Waals surface area contributed by atoms with E-state index in [2.05, 4.69) is 23.3 Å². The molecule has 2 atom stereocenters. The lowest BCUT2D eigenvalue weighted by molar-refractivity contribution is 0.133. The van der Waals surface area contributed by atoms with E-state index in [4.69, 9.17) is 5.26 Å². The van der Waals surface area contributed by atoms with Gasteiger partial charge >= 0.3 is 0 Å². The number of hydrogen-bond donors (Lipinski definition) is 1. The third-order valence-corrected chi connectivity index (χ3v) is 5.08. The molecule has 0 aromatic heterocycles. The number of piperidine rings is 1. The van der Waals surface area contributed by atoms with Crippen molar-refractivity contribution in [2.75, 3.05) is 13.6 Å². The molecule has 2 aliphatic heterocycles. The molecule has 2 fully saturated rings. The summed E-state index contributed by atoms with van der Waals surface area (Å²) in [4.78, 5) is 2.58. The van der Waals surface area contributed by atoms with E-state index < -0.39 is 0 Å². The van der Waals surface area contributed by atoms with Crippen LogP contribution in [0.25, 0.3) is 0 Å². The predicted molar refractivity (Wildman–Crippen MR) is 80.2 cm³/mol. The van der Waals surface area contributed by atoms with Crippen LogP contribution >= 0.6 is 0 Å². The summed E-state index contributed by atoms with van der Waals surface area (Å²) in [5, 5.41) is 12.7. The smallest absolute Gasteiger partial charge is 0.0995 e. The van der Waals surface area contributed by atoms with E-state index in [0.717, 1.165) is 42.2 Å². The molecule has 2 heterocycles. The molecule has 0 radical (unpaired) electrons. The van der Waals surface area contributed by atoms with Gasteiger partial charge in [-0.3, -0.25) is 0 Å². The van der Waals surface area contributed by atoms with Gasteiger partial charge in [0.15, 0.2) is 0 Å². The van der Waals surface area contributed by atoms with Gasteiger partial charge in [-0.1, -0.05) is 18.2 Å². The number of nitriles is 1. The summed E-state index contributed by atoms with van der Waals surface area (Å²) in [7, 11) is 2.29. The summed E-state index contributed by atoms with van der Waals surface area (Å²) in [6.45, 7) is 1.89. The molecule has 1 aromatic rings. The SMILES string of the molecule is CN1C2CCC1CC(CNCc1ccccc1C#N)C2. The summed E-state index contributed by atoms with van der Waals surface area (Å²) in [5.74, 6) is 0.804. The molecule has 106 valence electrons. The summed E-state index contributed by atoms with van der Waals surface area (Å²) < 4.78 is 0. The predicted octanol–water partition coefficient (Wildman–Crippen LogP) is 2.52. The molecule has 1 aromatic carbocycles. The molecule has 0 amide bonds. The highest BCUT2D eigenvalue weighted by Crippen LogP contribution is 2.37. The Hall–Kier alpha value is -1.37. The highest BCUT2D eigenvalue weighted by Gasteiger charge is 2.37. The van der Waals surface area contributed by atoms with Crippen LogP contribution in [0.3, 0.4) is 0 Å². The maximum absolute atomic E-state index is 9.09. The first-order chi connectivity index (χ1) is 9.78. The molecule has 2 saturated heterocycles. The minimum atomic E-state index is 0.795. The number of nitrogens with zero attached hydrogens (tertiary/aromatic N) is 2. The normalized spacial score (nSPS) is 29.3. The maximum atomic E-state index is 9.09. The van der Waals surface area contributed by atoms with Crippen molar-refractivity contribution < 1.29 is 0 Å². The third kappa shape index (κ3) is 2.72. The standard InChI is InChI=1S/C17H23N3/c1-20-16-6-7-17(20)9-13(8-16)11-19-12-15-5-3-2-4-14(15)10-18/h2-5,13,16-17,19H,6-9,11-12H2,1H3. The molecular weight excluding hydrogens is 246 g/mol. The zero-order valence-corrected chi connectivity index (χ0v) is 12.2. The second kappa shape index (κ2) is 5.95. The minimum absolute atomic E-state index is 0.795. The fourth-order valence-electron chi connectivity index (χ4n) is 3.89. The van der Waals surface area contributed by atoms with Gasteiger partial charge in [-0.15, -0.1) is 0 Å². The van der Waals surface area contributed by atoms with E-state index in [1.165, 1.54) is 25.7 Å². The first-order valence-electron chi connectivity index (χ1n) is 7.68. The summed E-state index contributed by atoms with van der Waals surface area (Å²) in [6, 6.07) is 11.8. The summed E-state index contributed by atoms with van der Waals surface area (Å²) in [5.41, 5.74) is 1.91. The monoisotopic (exact) mass is 269 g/mol. The number of fused-ring (bicyclic) bond motifs is 2. The van der Waals surface area contributed by atoms with Crippen LogP contribution in [0.1, 0.15) is 36.8 Å². The zero-order chi connectivity index (χ0) is 13.9. The molecule has 3 nitrogen and oxygen atoms in total. The van der Waals surface area contributed by atoms with Crippen LogP contribution in [0.5, 0.6) is 0 Å². The van der Waals surface area contributed by atoms with Crippen LogP contribution in [0.2, 0.25) is 0 Å². The lowest BCUT2D eigenvalue weighted by atomic mass is 9.91. The van der Waals surface area contributed by atoms with Crippen molar-refractivity contribution in [3.63, 3.8) is 0 Å². The highest BCUT2D eigenvalue weighted by molar-refractivity contribution is 5.37. The van der Waals surface area contributed by atoms with E-state index in [9.17, 15) is 0 Å². The van der Waals surface area contributed by atoms with Crippen molar-refractivity contribution >= 4 is 0 Å². The van der Waals surface area contributed by atoms with Gasteiger partial charge in [-0.2, -0.15) is 5.26 Å². The van der Waals surface area contributed by atoms with Crippen molar-refractivity contribution in [1.29, 1.82) is 5.26 Å². The molecule has 20 heavy (non-hydrogen) atoms. The van der Waals surface area contributed by atoms with Crippen LogP contribution in [0, 0.1) is 17.2 Å². The lowest BCUT2D eigenvalue weighted by Gasteiger charge is -2.36. The van der Waals surface area contributed by atoms with Crippen molar-refractivity contribution in [2.24, 2.45) is 5.92 Å². The number of benzene rings is 1. The van der Waals surface area contributed by atoms with Crippen LogP contribution in [-0.4, -0.2) is 30.6 Å². The minimum Gasteiger partial charge on any atom is -0.312 e. The van der Waals surface area contributed by atoms with Gasteiger partial charge < -0.3 is 10.2 Å². The van der Waals surface area contributed by atoms with Crippen LogP contribution in [0.4, 0.5) is 0 Å². The van der Waals surface area contributed by atoms with Crippen molar-refractivity contribution in [2.45, 2.75) is 44.3 Å². The second-order valence-electron chi connectivity index (χ2n) is 6.29. The van der Waals surface area contributed by atoms with Gasteiger partial charge in [0, 0.05) is 18.6 Å². The molecule has 0 aliphatic carbocycles. The molecule has 2 unspecified atom stereocenters. The zero-order valence-electron chi connectivity index (χ0n) is 12.2. The molecule has 3 rings (SSSR count). The highest BCUT2D eigenvalue weighted by atomic mass is 15.2. The molecular formula is C17H23N3. The van der Waals surface area contributed by atoms with Gasteiger partial charge in [-0.25, -0.2) is 0 Å². The average molecular weight is 269 g/mol. The number of rotatable bonds is 4. The Labute approximate surface area is 121 Å². The Kier molecular flexibility index (Phi) is 4.05. The van der Waals surface area contributed by atoms with Gasteiger partial charge in [0.25, 0.3) is 0 Å². The number of hydrogen-bond acceptors (Lipinski definition) is 3. The van der Waals surface area contributed by atoms with Crippen LogP contribution < -0.4 is 5.32 Å². The molecule has 0 saturated carbocycles. The second-order valence-corrected chi connectivity index (χ2v) is 6.29. The van der Waals surface area contributed by atoms with E-state index >= 15 is 0 Å². The lowest BCUT2D eigenvalue weighted by Crippen LogP contribution is -2.42. The topological polar surface area (TPSA) is 39.1 Å². The van der Waals surface area contributed by atoms with Gasteiger partial charge in [0.1, 0.15) is 0 Å². The molecule has 1 N–H and O–H groups in total. The van der Waals surface area contributed by atoms with Crippen molar-refractivity contribution in [3.8, 4) is 6.07 Å². The Morgan fingerprint density at radius 2 is 1.95 bits per heavy atom. The van der Waals surface area contributed by atoms with Crippen LogP contribution in [-0.2, 0) is 6.54 Å². The molecule has 2 aliphatic rings. The summed E-state index contributed by atoms with van der Waals surface area (Å²) in [6.07, 6.45) is 5.43. The fraction of sp³-hybridized carbons (Fsp3) is 0.588. The van der Waals surface area contributed by atoms with Gasteiger partial charge in [-0.05, 0) is 56.8 Å². The van der Waals surface area contributed by atoms with E-state index in [1.54, 1.807) is 0 Å². The maximum Gasteiger partial charge on any atom is 0.0995 e. The Morgan fingerprint density at radius 3 is 2.65 bits per heavy atom. The quantitative estimate of drug-likeness (QED) is 0.913. The van der Waals surface area contributed by atoms with Crippen molar-refractivity contribution in [1.82, 2.24) is 10.2 Å². The Bertz CT molecular complexity index is 491. The average Bonchev–Trinajstić information content (AvgIpc) is 2.70. The molecule has 2 bridgehead atoms.